The van der Waals surface area contributed by atoms with Gasteiger partial charge < -0.3 is 4.74 Å². The number of rotatable bonds is 3. The summed E-state index contributed by atoms with van der Waals surface area (Å²) in [5.41, 5.74) is 6.49. The van der Waals surface area contributed by atoms with Crippen LogP contribution in [-0.4, -0.2) is 6.36 Å². The van der Waals surface area contributed by atoms with Crippen molar-refractivity contribution in [3.63, 3.8) is 0 Å². The average Bonchev–Trinajstić information content (AvgIpc) is 2.88. The van der Waals surface area contributed by atoms with Crippen molar-refractivity contribution in [2.24, 2.45) is 0 Å². The second-order valence-electron chi connectivity index (χ2n) is 9.38. The minimum Gasteiger partial charge on any atom is -0.406 e. The molecule has 0 saturated heterocycles. The van der Waals surface area contributed by atoms with Gasteiger partial charge in [0.05, 0.1) is 0 Å². The quantitative estimate of drug-likeness (QED) is 0.223. The molecule has 1 nitrogen and oxygen atoms in total. The van der Waals surface area contributed by atoms with Gasteiger partial charge in [0.1, 0.15) is 5.75 Å². The third-order valence-electron chi connectivity index (χ3n) is 7.07. The summed E-state index contributed by atoms with van der Waals surface area (Å²) >= 11 is 0. The van der Waals surface area contributed by atoms with Crippen LogP contribution in [-0.2, 0) is 0 Å². The van der Waals surface area contributed by atoms with Crippen molar-refractivity contribution in [2.45, 2.75) is 20.2 Å². The van der Waals surface area contributed by atoms with Gasteiger partial charge in [0, 0.05) is 0 Å². The summed E-state index contributed by atoms with van der Waals surface area (Å²) in [6.45, 7) is 4.20. The molecule has 0 aromatic heterocycles. The van der Waals surface area contributed by atoms with E-state index in [4.69, 9.17) is 0 Å². The van der Waals surface area contributed by atoms with E-state index in [0.717, 1.165) is 49.4 Å². The zero-order valence-corrected chi connectivity index (χ0v) is 20.4. The Morgan fingerprint density at radius 2 is 1.08 bits per heavy atom. The standard InChI is InChI=1S/C33H23F3O/c1-20-18-29-30(19-21(20)2)32(26-13-7-9-22-8-3-4-10-25(22)26)28-12-6-5-11-27(28)31(29)23-14-16-24(17-15-23)37-33(34,35)36/h3-19H,1-2H3. The molecule has 0 amide bonds. The smallest absolute Gasteiger partial charge is 0.406 e. The van der Waals surface area contributed by atoms with Gasteiger partial charge in [0.25, 0.3) is 0 Å². The maximum atomic E-state index is 12.8. The van der Waals surface area contributed by atoms with Gasteiger partial charge in [-0.1, -0.05) is 91.0 Å². The van der Waals surface area contributed by atoms with Crippen LogP contribution in [0.1, 0.15) is 11.1 Å². The molecule has 6 rings (SSSR count). The lowest BCUT2D eigenvalue weighted by atomic mass is 9.83. The van der Waals surface area contributed by atoms with Crippen LogP contribution in [0, 0.1) is 13.8 Å². The second kappa shape index (κ2) is 8.67. The van der Waals surface area contributed by atoms with Crippen LogP contribution in [0.3, 0.4) is 0 Å². The monoisotopic (exact) mass is 492 g/mol. The molecule has 6 aromatic carbocycles. The number of hydrogen-bond acceptors (Lipinski definition) is 1. The molecule has 0 aliphatic rings. The van der Waals surface area contributed by atoms with Crippen molar-refractivity contribution >= 4 is 32.3 Å². The molecule has 0 N–H and O–H groups in total. The molecule has 4 heteroatoms. The van der Waals surface area contributed by atoms with Crippen LogP contribution in [0.5, 0.6) is 5.75 Å². The summed E-state index contributed by atoms with van der Waals surface area (Å²) in [4.78, 5) is 0. The molecule has 37 heavy (non-hydrogen) atoms. The maximum absolute atomic E-state index is 12.8. The van der Waals surface area contributed by atoms with Gasteiger partial charge in [0.15, 0.2) is 0 Å². The molecule has 0 saturated carbocycles. The van der Waals surface area contributed by atoms with E-state index in [1.54, 1.807) is 12.1 Å². The van der Waals surface area contributed by atoms with Gasteiger partial charge in [-0.3, -0.25) is 0 Å². The minimum absolute atomic E-state index is 0.232. The summed E-state index contributed by atoms with van der Waals surface area (Å²) in [5, 5.41) is 6.67. The number of fused-ring (bicyclic) bond motifs is 3. The predicted octanol–water partition coefficient (Wildman–Crippen LogP) is 10.00. The number of halogens is 3. The molecule has 0 unspecified atom stereocenters. The van der Waals surface area contributed by atoms with Crippen LogP contribution in [0.15, 0.2) is 103 Å². The lowest BCUT2D eigenvalue weighted by Crippen LogP contribution is -2.16. The summed E-state index contributed by atoms with van der Waals surface area (Å²) < 4.78 is 42.4. The molecule has 0 aliphatic carbocycles. The Kier molecular flexibility index (Phi) is 5.41. The highest BCUT2D eigenvalue weighted by molar-refractivity contribution is 6.23. The Balaban J connectivity index is 1.72. The van der Waals surface area contributed by atoms with Gasteiger partial charge in [0.2, 0.25) is 0 Å². The first-order valence-corrected chi connectivity index (χ1v) is 12.1. The number of hydrogen-bond donors (Lipinski definition) is 0. The first-order valence-electron chi connectivity index (χ1n) is 12.1. The van der Waals surface area contributed by atoms with Crippen LogP contribution < -0.4 is 4.74 Å². The fraction of sp³-hybridized carbons (Fsp3) is 0.0909. The highest BCUT2D eigenvalue weighted by Crippen LogP contribution is 2.46. The van der Waals surface area contributed by atoms with E-state index in [1.807, 2.05) is 18.2 Å². The van der Waals surface area contributed by atoms with Crippen LogP contribution in [0.2, 0.25) is 0 Å². The summed E-state index contributed by atoms with van der Waals surface area (Å²) in [7, 11) is 0. The van der Waals surface area contributed by atoms with Gasteiger partial charge in [-0.2, -0.15) is 0 Å². The SMILES string of the molecule is Cc1cc2c(-c3ccc(OC(F)(F)F)cc3)c3ccccc3c(-c3cccc4ccccc34)c2cc1C. The molecule has 0 aliphatic heterocycles. The molecule has 0 radical (unpaired) electrons. The maximum Gasteiger partial charge on any atom is 0.573 e. The first kappa shape index (κ1) is 23.1. The minimum atomic E-state index is -4.73. The zero-order valence-electron chi connectivity index (χ0n) is 20.4. The Morgan fingerprint density at radius 3 is 1.73 bits per heavy atom. The van der Waals surface area contributed by atoms with Crippen molar-refractivity contribution in [3.8, 4) is 28.0 Å². The number of aryl methyl sites for hydroxylation is 2. The largest absolute Gasteiger partial charge is 0.573 e. The Labute approximate surface area is 212 Å². The van der Waals surface area contributed by atoms with Crippen molar-refractivity contribution in [3.05, 3.63) is 114 Å². The fourth-order valence-electron chi connectivity index (χ4n) is 5.31. The normalized spacial score (nSPS) is 11.9. The lowest BCUT2D eigenvalue weighted by molar-refractivity contribution is -0.274. The van der Waals surface area contributed by atoms with E-state index in [-0.39, 0.29) is 5.75 Å². The fourth-order valence-corrected chi connectivity index (χ4v) is 5.31. The first-order chi connectivity index (χ1) is 17.8. The average molecular weight is 493 g/mol. The van der Waals surface area contributed by atoms with Crippen LogP contribution >= 0.6 is 0 Å². The zero-order chi connectivity index (χ0) is 25.7. The molecule has 182 valence electrons. The Bertz CT molecular complexity index is 1790. The van der Waals surface area contributed by atoms with Crippen molar-refractivity contribution in [1.82, 2.24) is 0 Å². The Hall–Kier alpha value is -4.31. The molecule has 0 atom stereocenters. The predicted molar refractivity (Wildman–Crippen MR) is 146 cm³/mol. The number of ether oxygens (including phenoxy) is 1. The number of benzene rings is 6. The molecular weight excluding hydrogens is 469 g/mol. The second-order valence-corrected chi connectivity index (χ2v) is 9.38. The van der Waals surface area contributed by atoms with Crippen LogP contribution in [0.25, 0.3) is 54.6 Å². The van der Waals surface area contributed by atoms with Gasteiger partial charge in [-0.15, -0.1) is 13.2 Å². The van der Waals surface area contributed by atoms with E-state index >= 15 is 0 Å². The van der Waals surface area contributed by atoms with Crippen LogP contribution in [0.4, 0.5) is 13.2 Å². The van der Waals surface area contributed by atoms with Crippen molar-refractivity contribution in [2.75, 3.05) is 0 Å². The molecule has 0 fully saturated rings. The summed E-state index contributed by atoms with van der Waals surface area (Å²) in [6.07, 6.45) is -4.73. The highest BCUT2D eigenvalue weighted by atomic mass is 19.4. The van der Waals surface area contributed by atoms with Crippen molar-refractivity contribution < 1.29 is 17.9 Å². The topological polar surface area (TPSA) is 9.23 Å². The highest BCUT2D eigenvalue weighted by Gasteiger charge is 2.31. The molecule has 0 spiro atoms. The van der Waals surface area contributed by atoms with E-state index in [0.29, 0.717) is 0 Å². The van der Waals surface area contributed by atoms with E-state index in [9.17, 15) is 13.2 Å². The third-order valence-corrected chi connectivity index (χ3v) is 7.07. The molecule has 6 aromatic rings. The van der Waals surface area contributed by atoms with Crippen molar-refractivity contribution in [1.29, 1.82) is 0 Å². The molecule has 0 bridgehead atoms. The molecular formula is C33H23F3O. The third kappa shape index (κ3) is 4.09. The van der Waals surface area contributed by atoms with Gasteiger partial charge in [-0.25, -0.2) is 0 Å². The number of alkyl halides is 3. The van der Waals surface area contributed by atoms with E-state index < -0.39 is 6.36 Å². The van der Waals surface area contributed by atoms with E-state index in [1.165, 1.54) is 28.5 Å². The Morgan fingerprint density at radius 1 is 0.541 bits per heavy atom. The summed E-state index contributed by atoms with van der Waals surface area (Å²) in [5.74, 6) is -0.232. The van der Waals surface area contributed by atoms with E-state index in [2.05, 4.69) is 79.2 Å². The van der Waals surface area contributed by atoms with Gasteiger partial charge >= 0.3 is 6.36 Å². The summed E-state index contributed by atoms with van der Waals surface area (Å²) in [6, 6.07) is 33.6. The van der Waals surface area contributed by atoms with Gasteiger partial charge in [-0.05, 0) is 91.7 Å². The molecule has 0 heterocycles. The lowest BCUT2D eigenvalue weighted by Gasteiger charge is -2.20.